The first-order chi connectivity index (χ1) is 9.56. The van der Waals surface area contributed by atoms with E-state index in [0.717, 1.165) is 0 Å². The Kier molecular flexibility index (Phi) is 4.07. The number of nitrogens with zero attached hydrogens (tertiary/aromatic N) is 2. The van der Waals surface area contributed by atoms with Gasteiger partial charge in [0.2, 0.25) is 11.9 Å². The monoisotopic (exact) mass is 280 g/mol. The van der Waals surface area contributed by atoms with Crippen molar-refractivity contribution >= 4 is 22.9 Å². The minimum absolute atomic E-state index is 0.0668. The number of halogens is 1. The van der Waals surface area contributed by atoms with Crippen LogP contribution in [-0.4, -0.2) is 29.1 Å². The van der Waals surface area contributed by atoms with Crippen molar-refractivity contribution in [3.63, 3.8) is 0 Å². The van der Waals surface area contributed by atoms with Crippen molar-refractivity contribution in [1.82, 2.24) is 14.9 Å². The number of ether oxygens (including phenoxy) is 1. The second kappa shape index (κ2) is 5.77. The predicted octanol–water partition coefficient (Wildman–Crippen LogP) is 1.29. The summed E-state index contributed by atoms with van der Waals surface area (Å²) < 4.78 is 20.2. The Bertz CT molecular complexity index is 639. The van der Waals surface area contributed by atoms with Gasteiger partial charge in [-0.15, -0.1) is 0 Å². The molecule has 0 aliphatic rings. The van der Waals surface area contributed by atoms with Gasteiger partial charge in [0.25, 0.3) is 0 Å². The van der Waals surface area contributed by atoms with Gasteiger partial charge in [-0.1, -0.05) is 0 Å². The molecule has 2 aromatic rings. The molecule has 0 aliphatic carbocycles. The third-order valence-electron chi connectivity index (χ3n) is 2.99. The van der Waals surface area contributed by atoms with E-state index in [0.29, 0.717) is 24.1 Å². The summed E-state index contributed by atoms with van der Waals surface area (Å²) in [5, 5.41) is 2.71. The molecule has 1 aromatic carbocycles. The first kappa shape index (κ1) is 14.1. The van der Waals surface area contributed by atoms with E-state index in [1.807, 2.05) is 6.92 Å². The molecule has 1 amide bonds. The fourth-order valence-electron chi connectivity index (χ4n) is 2.04. The minimum Gasteiger partial charge on any atom is -0.494 e. The molecule has 0 spiro atoms. The minimum atomic E-state index is -0.492. The Balaban J connectivity index is 2.32. The number of amides is 1. The number of anilines is 1. The van der Waals surface area contributed by atoms with Crippen LogP contribution in [0.3, 0.4) is 0 Å². The van der Waals surface area contributed by atoms with Crippen LogP contribution in [0.1, 0.15) is 13.3 Å². The SMILES string of the molecule is CCNC(=O)CCn1c(N)nc2cc(F)c(OC)cc21. The maximum atomic E-state index is 13.6. The third kappa shape index (κ3) is 2.66. The van der Waals surface area contributed by atoms with Crippen LogP contribution in [0.5, 0.6) is 5.75 Å². The first-order valence-corrected chi connectivity index (χ1v) is 6.32. The summed E-state index contributed by atoms with van der Waals surface area (Å²) >= 11 is 0. The van der Waals surface area contributed by atoms with Gasteiger partial charge < -0.3 is 20.4 Å². The van der Waals surface area contributed by atoms with E-state index in [4.69, 9.17) is 10.5 Å². The number of rotatable bonds is 5. The lowest BCUT2D eigenvalue weighted by Crippen LogP contribution is -2.24. The van der Waals surface area contributed by atoms with Gasteiger partial charge in [-0.25, -0.2) is 9.37 Å². The molecular formula is C13H17FN4O2. The van der Waals surface area contributed by atoms with Crippen LogP contribution in [0.4, 0.5) is 10.3 Å². The van der Waals surface area contributed by atoms with Gasteiger partial charge in [0, 0.05) is 31.6 Å². The van der Waals surface area contributed by atoms with Crippen LogP contribution in [0.15, 0.2) is 12.1 Å². The average Bonchev–Trinajstić information content (AvgIpc) is 2.70. The first-order valence-electron chi connectivity index (χ1n) is 6.32. The number of aromatic nitrogens is 2. The number of nitrogen functional groups attached to an aromatic ring is 1. The fraction of sp³-hybridized carbons (Fsp3) is 0.385. The topological polar surface area (TPSA) is 82.2 Å². The van der Waals surface area contributed by atoms with Crippen molar-refractivity contribution in [1.29, 1.82) is 0 Å². The summed E-state index contributed by atoms with van der Waals surface area (Å²) in [6, 6.07) is 2.80. The number of nitrogens with two attached hydrogens (primary N) is 1. The molecule has 0 aliphatic heterocycles. The van der Waals surface area contributed by atoms with E-state index in [1.54, 1.807) is 4.57 Å². The summed E-state index contributed by atoms with van der Waals surface area (Å²) in [5.74, 6) is -0.190. The van der Waals surface area contributed by atoms with Crippen molar-refractivity contribution < 1.29 is 13.9 Å². The van der Waals surface area contributed by atoms with Crippen LogP contribution < -0.4 is 15.8 Å². The molecule has 108 valence electrons. The van der Waals surface area contributed by atoms with Crippen molar-refractivity contribution in [2.75, 3.05) is 19.4 Å². The van der Waals surface area contributed by atoms with Gasteiger partial charge >= 0.3 is 0 Å². The predicted molar refractivity (Wildman–Crippen MR) is 74.0 cm³/mol. The standard InChI is InChI=1S/C13H17FN4O2/c1-3-16-12(19)4-5-18-10-7-11(20-2)8(14)6-9(10)17-13(18)15/h6-7H,3-5H2,1-2H3,(H2,15,17)(H,16,19). The second-order valence-electron chi connectivity index (χ2n) is 4.30. The van der Waals surface area contributed by atoms with Crippen LogP contribution in [-0.2, 0) is 11.3 Å². The highest BCUT2D eigenvalue weighted by Crippen LogP contribution is 2.26. The van der Waals surface area contributed by atoms with Crippen LogP contribution in [0, 0.1) is 5.82 Å². The zero-order valence-corrected chi connectivity index (χ0v) is 11.4. The van der Waals surface area contributed by atoms with E-state index >= 15 is 0 Å². The molecule has 3 N–H and O–H groups in total. The number of aryl methyl sites for hydroxylation is 1. The zero-order valence-electron chi connectivity index (χ0n) is 11.4. The molecule has 0 fully saturated rings. The summed E-state index contributed by atoms with van der Waals surface area (Å²) in [7, 11) is 1.39. The van der Waals surface area contributed by atoms with Gasteiger partial charge in [0.1, 0.15) is 0 Å². The highest BCUT2D eigenvalue weighted by molar-refractivity contribution is 5.81. The molecule has 20 heavy (non-hydrogen) atoms. The van der Waals surface area contributed by atoms with E-state index in [1.165, 1.54) is 19.2 Å². The number of fused-ring (bicyclic) bond motifs is 1. The van der Waals surface area contributed by atoms with Gasteiger partial charge in [-0.2, -0.15) is 0 Å². The Morgan fingerprint density at radius 3 is 2.95 bits per heavy atom. The van der Waals surface area contributed by atoms with Gasteiger partial charge in [0.15, 0.2) is 11.6 Å². The van der Waals surface area contributed by atoms with Gasteiger partial charge in [0.05, 0.1) is 18.1 Å². The summed E-state index contributed by atoms with van der Waals surface area (Å²) in [4.78, 5) is 15.6. The van der Waals surface area contributed by atoms with Crippen molar-refractivity contribution in [3.05, 3.63) is 17.9 Å². The molecule has 0 saturated heterocycles. The Hall–Kier alpha value is -2.31. The maximum absolute atomic E-state index is 13.6. The van der Waals surface area contributed by atoms with Gasteiger partial charge in [-0.05, 0) is 6.92 Å². The number of methoxy groups -OCH3 is 1. The number of benzene rings is 1. The van der Waals surface area contributed by atoms with Crippen molar-refractivity contribution in [3.8, 4) is 5.75 Å². The molecule has 0 radical (unpaired) electrons. The molecule has 0 bridgehead atoms. The molecule has 1 aromatic heterocycles. The Morgan fingerprint density at radius 2 is 2.30 bits per heavy atom. The van der Waals surface area contributed by atoms with E-state index in [-0.39, 0.29) is 24.0 Å². The van der Waals surface area contributed by atoms with Crippen LogP contribution >= 0.6 is 0 Å². The van der Waals surface area contributed by atoms with Crippen molar-refractivity contribution in [2.24, 2.45) is 0 Å². The highest BCUT2D eigenvalue weighted by atomic mass is 19.1. The number of hydrogen-bond acceptors (Lipinski definition) is 4. The summed E-state index contributed by atoms with van der Waals surface area (Å²) in [6.07, 6.45) is 0.281. The maximum Gasteiger partial charge on any atom is 0.221 e. The fourth-order valence-corrected chi connectivity index (χ4v) is 2.04. The zero-order chi connectivity index (χ0) is 14.7. The summed E-state index contributed by atoms with van der Waals surface area (Å²) in [5.41, 5.74) is 6.90. The molecule has 0 unspecified atom stereocenters. The Morgan fingerprint density at radius 1 is 1.55 bits per heavy atom. The molecule has 6 nitrogen and oxygen atoms in total. The quantitative estimate of drug-likeness (QED) is 0.864. The van der Waals surface area contributed by atoms with E-state index in [2.05, 4.69) is 10.3 Å². The van der Waals surface area contributed by atoms with Crippen LogP contribution in [0.25, 0.3) is 11.0 Å². The second-order valence-corrected chi connectivity index (χ2v) is 4.30. The summed E-state index contributed by atoms with van der Waals surface area (Å²) in [6.45, 7) is 2.81. The number of hydrogen-bond donors (Lipinski definition) is 2. The molecule has 1 heterocycles. The lowest BCUT2D eigenvalue weighted by Gasteiger charge is -2.07. The normalized spacial score (nSPS) is 10.8. The highest BCUT2D eigenvalue weighted by Gasteiger charge is 2.13. The molecule has 0 saturated carbocycles. The van der Waals surface area contributed by atoms with Crippen LogP contribution in [0.2, 0.25) is 0 Å². The largest absolute Gasteiger partial charge is 0.494 e. The Labute approximate surface area is 115 Å². The van der Waals surface area contributed by atoms with E-state index < -0.39 is 5.82 Å². The average molecular weight is 280 g/mol. The number of carbonyl (C=O) groups is 1. The smallest absolute Gasteiger partial charge is 0.221 e. The number of imidazole rings is 1. The lowest BCUT2D eigenvalue weighted by molar-refractivity contribution is -0.121. The lowest BCUT2D eigenvalue weighted by atomic mass is 10.2. The van der Waals surface area contributed by atoms with Gasteiger partial charge in [-0.3, -0.25) is 4.79 Å². The molecule has 0 atom stereocenters. The van der Waals surface area contributed by atoms with Crippen molar-refractivity contribution in [2.45, 2.75) is 19.9 Å². The number of nitrogens with one attached hydrogen (secondary N) is 1. The van der Waals surface area contributed by atoms with E-state index in [9.17, 15) is 9.18 Å². The third-order valence-corrected chi connectivity index (χ3v) is 2.99. The molecular weight excluding hydrogens is 263 g/mol. The number of carbonyl (C=O) groups excluding carboxylic acids is 1. The molecule has 7 heteroatoms. The molecule has 2 rings (SSSR count).